The van der Waals surface area contributed by atoms with E-state index >= 15 is 0 Å². The highest BCUT2D eigenvalue weighted by Gasteiger charge is 2.04. The van der Waals surface area contributed by atoms with E-state index in [1.165, 1.54) is 6.07 Å². The fraction of sp³-hybridized carbons (Fsp3) is 0.200. The first kappa shape index (κ1) is 13.2. The van der Waals surface area contributed by atoms with E-state index in [0.29, 0.717) is 23.6 Å². The molecule has 0 unspecified atom stereocenters. The van der Waals surface area contributed by atoms with Crippen molar-refractivity contribution in [2.24, 2.45) is 0 Å². The van der Waals surface area contributed by atoms with E-state index in [9.17, 15) is 4.39 Å². The van der Waals surface area contributed by atoms with Gasteiger partial charge in [0.2, 0.25) is 0 Å². The quantitative estimate of drug-likeness (QED) is 0.839. The van der Waals surface area contributed by atoms with E-state index in [-0.39, 0.29) is 12.4 Å². The summed E-state index contributed by atoms with van der Waals surface area (Å²) in [6.07, 6.45) is 0. The van der Waals surface area contributed by atoms with Crippen LogP contribution in [0.4, 0.5) is 10.1 Å². The van der Waals surface area contributed by atoms with Gasteiger partial charge in [-0.25, -0.2) is 4.39 Å². The smallest absolute Gasteiger partial charge is 0.131 e. The Labute approximate surface area is 111 Å². The van der Waals surface area contributed by atoms with Crippen LogP contribution < -0.4 is 15.2 Å². The zero-order chi connectivity index (χ0) is 13.7. The van der Waals surface area contributed by atoms with E-state index in [0.717, 1.165) is 5.75 Å². The van der Waals surface area contributed by atoms with Gasteiger partial charge in [-0.3, -0.25) is 0 Å². The SMILES string of the molecule is CCOc1cccc(OCc2ccc(N)cc2F)c1. The molecule has 2 aromatic rings. The van der Waals surface area contributed by atoms with Gasteiger partial charge in [0.05, 0.1) is 6.61 Å². The predicted octanol–water partition coefficient (Wildman–Crippen LogP) is 3.39. The van der Waals surface area contributed by atoms with Crippen LogP contribution in [0, 0.1) is 5.82 Å². The summed E-state index contributed by atoms with van der Waals surface area (Å²) < 4.78 is 24.5. The van der Waals surface area contributed by atoms with Crippen molar-refractivity contribution in [2.45, 2.75) is 13.5 Å². The summed E-state index contributed by atoms with van der Waals surface area (Å²) in [6, 6.07) is 11.8. The number of hydrogen-bond donors (Lipinski definition) is 1. The number of ether oxygens (including phenoxy) is 2. The fourth-order valence-corrected chi connectivity index (χ4v) is 1.66. The number of hydrogen-bond acceptors (Lipinski definition) is 3. The van der Waals surface area contributed by atoms with Gasteiger partial charge in [-0.2, -0.15) is 0 Å². The third kappa shape index (κ3) is 3.61. The molecule has 2 rings (SSSR count). The van der Waals surface area contributed by atoms with Gasteiger partial charge in [0.15, 0.2) is 0 Å². The number of nitrogen functional groups attached to an aromatic ring is 1. The molecule has 0 fully saturated rings. The minimum absolute atomic E-state index is 0.154. The van der Waals surface area contributed by atoms with Gasteiger partial charge in [-0.1, -0.05) is 12.1 Å². The summed E-state index contributed by atoms with van der Waals surface area (Å²) in [5.41, 5.74) is 6.36. The van der Waals surface area contributed by atoms with Gasteiger partial charge in [-0.15, -0.1) is 0 Å². The topological polar surface area (TPSA) is 44.5 Å². The second-order valence-corrected chi connectivity index (χ2v) is 4.05. The predicted molar refractivity (Wildman–Crippen MR) is 72.8 cm³/mol. The van der Waals surface area contributed by atoms with Crippen molar-refractivity contribution in [3.05, 3.63) is 53.8 Å². The van der Waals surface area contributed by atoms with Crippen molar-refractivity contribution in [1.82, 2.24) is 0 Å². The van der Waals surface area contributed by atoms with Crippen LogP contribution in [0.5, 0.6) is 11.5 Å². The summed E-state index contributed by atoms with van der Waals surface area (Å²) in [5, 5.41) is 0. The van der Waals surface area contributed by atoms with Crippen molar-refractivity contribution in [3.8, 4) is 11.5 Å². The van der Waals surface area contributed by atoms with Gasteiger partial charge >= 0.3 is 0 Å². The third-order valence-electron chi connectivity index (χ3n) is 2.59. The fourth-order valence-electron chi connectivity index (χ4n) is 1.66. The minimum Gasteiger partial charge on any atom is -0.494 e. The molecule has 4 heteroatoms. The lowest BCUT2D eigenvalue weighted by molar-refractivity contribution is 0.294. The van der Waals surface area contributed by atoms with Crippen LogP contribution in [0.2, 0.25) is 0 Å². The zero-order valence-corrected chi connectivity index (χ0v) is 10.7. The lowest BCUT2D eigenvalue weighted by Crippen LogP contribution is -2.00. The van der Waals surface area contributed by atoms with E-state index in [1.807, 2.05) is 19.1 Å². The molecular formula is C15H16FNO2. The maximum Gasteiger partial charge on any atom is 0.131 e. The molecule has 2 aromatic carbocycles. The second kappa shape index (κ2) is 6.09. The highest BCUT2D eigenvalue weighted by atomic mass is 19.1. The average molecular weight is 261 g/mol. The number of anilines is 1. The molecule has 0 aromatic heterocycles. The molecule has 3 nitrogen and oxygen atoms in total. The van der Waals surface area contributed by atoms with E-state index < -0.39 is 0 Å². The summed E-state index contributed by atoms with van der Waals surface area (Å²) in [6.45, 7) is 2.66. The maximum atomic E-state index is 13.6. The molecular weight excluding hydrogens is 245 g/mol. The Kier molecular flexibility index (Phi) is 4.23. The maximum absolute atomic E-state index is 13.6. The Morgan fingerprint density at radius 1 is 1.05 bits per heavy atom. The first-order chi connectivity index (χ1) is 9.19. The number of benzene rings is 2. The Bertz CT molecular complexity index is 558. The van der Waals surface area contributed by atoms with Gasteiger partial charge < -0.3 is 15.2 Å². The highest BCUT2D eigenvalue weighted by Crippen LogP contribution is 2.21. The van der Waals surface area contributed by atoms with Crippen LogP contribution in [-0.4, -0.2) is 6.61 Å². The van der Waals surface area contributed by atoms with Crippen molar-refractivity contribution in [1.29, 1.82) is 0 Å². The minimum atomic E-state index is -0.360. The third-order valence-corrected chi connectivity index (χ3v) is 2.59. The normalized spacial score (nSPS) is 10.2. The van der Waals surface area contributed by atoms with Crippen LogP contribution >= 0.6 is 0 Å². The molecule has 2 N–H and O–H groups in total. The summed E-state index contributed by atoms with van der Waals surface area (Å²) in [7, 11) is 0. The van der Waals surface area contributed by atoms with Gasteiger partial charge in [0, 0.05) is 17.3 Å². The first-order valence-corrected chi connectivity index (χ1v) is 6.08. The Hall–Kier alpha value is -2.23. The summed E-state index contributed by atoms with van der Waals surface area (Å²) >= 11 is 0. The zero-order valence-electron chi connectivity index (χ0n) is 10.7. The number of nitrogens with two attached hydrogens (primary N) is 1. The Morgan fingerprint density at radius 3 is 2.47 bits per heavy atom. The molecule has 0 aliphatic heterocycles. The average Bonchev–Trinajstić information content (AvgIpc) is 2.38. The van der Waals surface area contributed by atoms with Gasteiger partial charge in [0.25, 0.3) is 0 Å². The molecule has 0 spiro atoms. The molecule has 0 bridgehead atoms. The van der Waals surface area contributed by atoms with Crippen LogP contribution in [0.15, 0.2) is 42.5 Å². The van der Waals surface area contributed by atoms with Crippen molar-refractivity contribution >= 4 is 5.69 Å². The number of halogens is 1. The highest BCUT2D eigenvalue weighted by molar-refractivity contribution is 5.40. The molecule has 0 heterocycles. The molecule has 19 heavy (non-hydrogen) atoms. The molecule has 0 saturated heterocycles. The Balaban J connectivity index is 2.03. The van der Waals surface area contributed by atoms with E-state index in [2.05, 4.69) is 0 Å². The van der Waals surface area contributed by atoms with Crippen molar-refractivity contribution < 1.29 is 13.9 Å². The van der Waals surface area contributed by atoms with Crippen LogP contribution in [-0.2, 0) is 6.61 Å². The second-order valence-electron chi connectivity index (χ2n) is 4.05. The van der Waals surface area contributed by atoms with Gasteiger partial charge in [0.1, 0.15) is 23.9 Å². The number of rotatable bonds is 5. The van der Waals surface area contributed by atoms with E-state index in [4.69, 9.17) is 15.2 Å². The summed E-state index contributed by atoms with van der Waals surface area (Å²) in [5.74, 6) is 1.01. The molecule has 0 aliphatic rings. The summed E-state index contributed by atoms with van der Waals surface area (Å²) in [4.78, 5) is 0. The van der Waals surface area contributed by atoms with Crippen molar-refractivity contribution in [3.63, 3.8) is 0 Å². The largest absolute Gasteiger partial charge is 0.494 e. The Morgan fingerprint density at radius 2 is 1.79 bits per heavy atom. The van der Waals surface area contributed by atoms with Crippen molar-refractivity contribution in [2.75, 3.05) is 12.3 Å². The van der Waals surface area contributed by atoms with E-state index in [1.54, 1.807) is 24.3 Å². The molecule has 100 valence electrons. The molecule has 0 saturated carbocycles. The molecule has 0 aliphatic carbocycles. The molecule has 0 radical (unpaired) electrons. The van der Waals surface area contributed by atoms with Crippen LogP contribution in [0.3, 0.4) is 0 Å². The lowest BCUT2D eigenvalue weighted by atomic mass is 10.2. The van der Waals surface area contributed by atoms with Gasteiger partial charge in [-0.05, 0) is 31.2 Å². The first-order valence-electron chi connectivity index (χ1n) is 6.08. The lowest BCUT2D eigenvalue weighted by Gasteiger charge is -2.09. The van der Waals surface area contributed by atoms with Crippen LogP contribution in [0.1, 0.15) is 12.5 Å². The molecule has 0 atom stereocenters. The van der Waals surface area contributed by atoms with Crippen LogP contribution in [0.25, 0.3) is 0 Å². The molecule has 0 amide bonds. The standard InChI is InChI=1S/C15H16FNO2/c1-2-18-13-4-3-5-14(9-13)19-10-11-6-7-12(17)8-15(11)16/h3-9H,2,10,17H2,1H3. The monoisotopic (exact) mass is 261 g/mol.